The van der Waals surface area contributed by atoms with Crippen LogP contribution in [0.2, 0.25) is 0 Å². The first-order valence-electron chi connectivity index (χ1n) is 14.4. The summed E-state index contributed by atoms with van der Waals surface area (Å²) in [6, 6.07) is 5.78. The summed E-state index contributed by atoms with van der Waals surface area (Å²) in [5.41, 5.74) is -1.00. The van der Waals surface area contributed by atoms with Gasteiger partial charge in [-0.15, -0.1) is 11.3 Å². The molecule has 0 saturated carbocycles. The van der Waals surface area contributed by atoms with E-state index in [2.05, 4.69) is 15.2 Å². The average Bonchev–Trinajstić information content (AvgIpc) is 3.54. The molecule has 0 atom stereocenters. The van der Waals surface area contributed by atoms with Gasteiger partial charge in [-0.3, -0.25) is 14.5 Å². The van der Waals surface area contributed by atoms with Crippen LogP contribution in [0.4, 0.5) is 8.78 Å². The summed E-state index contributed by atoms with van der Waals surface area (Å²) in [6.07, 6.45) is 0.672. The summed E-state index contributed by atoms with van der Waals surface area (Å²) in [5.74, 6) is -2.19. The number of rotatable bonds is 10. The van der Waals surface area contributed by atoms with Gasteiger partial charge in [0, 0.05) is 31.8 Å². The quantitative estimate of drug-likeness (QED) is 0.203. The number of nitrogens with one attached hydrogen (secondary N) is 1. The van der Waals surface area contributed by atoms with E-state index in [-0.39, 0.29) is 19.4 Å². The van der Waals surface area contributed by atoms with Crippen molar-refractivity contribution >= 4 is 33.4 Å². The van der Waals surface area contributed by atoms with Gasteiger partial charge in [0.05, 0.1) is 43.7 Å². The van der Waals surface area contributed by atoms with E-state index in [4.69, 9.17) is 18.9 Å². The van der Waals surface area contributed by atoms with Gasteiger partial charge in [-0.1, -0.05) is 0 Å². The third kappa shape index (κ3) is 7.08. The maximum absolute atomic E-state index is 14.0. The number of morpholine rings is 1. The number of benzene rings is 2. The van der Waals surface area contributed by atoms with Crippen molar-refractivity contribution in [1.82, 2.24) is 15.2 Å². The molecule has 1 amide bonds. The lowest BCUT2D eigenvalue weighted by Gasteiger charge is -2.30. The number of nitrogens with zero attached hydrogens (tertiary/aromatic N) is 2. The van der Waals surface area contributed by atoms with Gasteiger partial charge in [0.25, 0.3) is 0 Å². The fourth-order valence-electron chi connectivity index (χ4n) is 5.40. The topological polar surface area (TPSA) is 99.2 Å². The van der Waals surface area contributed by atoms with E-state index in [0.717, 1.165) is 56.1 Å². The monoisotopic (exact) mass is 617 g/mol. The number of halogens is 2. The van der Waals surface area contributed by atoms with Gasteiger partial charge < -0.3 is 24.3 Å². The van der Waals surface area contributed by atoms with Gasteiger partial charge in [0.2, 0.25) is 5.91 Å². The SMILES string of the molecule is COc1cc2sc(CNC(=O)C3(C(=O)OC(C)(C)C)Cc4cc(F)c(F)cc4C3)nc2cc1OCCCN1CCOCC1. The Morgan fingerprint density at radius 1 is 1.07 bits per heavy atom. The van der Waals surface area contributed by atoms with Gasteiger partial charge in [-0.25, -0.2) is 13.8 Å². The summed E-state index contributed by atoms with van der Waals surface area (Å²) in [5, 5.41) is 3.45. The van der Waals surface area contributed by atoms with Gasteiger partial charge in [-0.05, 0) is 63.3 Å². The van der Waals surface area contributed by atoms with Crippen molar-refractivity contribution in [3.05, 3.63) is 52.0 Å². The van der Waals surface area contributed by atoms with Crippen LogP contribution in [0.3, 0.4) is 0 Å². The number of hydrogen-bond acceptors (Lipinski definition) is 9. The van der Waals surface area contributed by atoms with E-state index in [0.29, 0.717) is 39.8 Å². The third-order valence-electron chi connectivity index (χ3n) is 7.55. The minimum absolute atomic E-state index is 0.0554. The van der Waals surface area contributed by atoms with Gasteiger partial charge in [-0.2, -0.15) is 0 Å². The lowest BCUT2D eigenvalue weighted by molar-refractivity contribution is -0.170. The van der Waals surface area contributed by atoms with Crippen LogP contribution < -0.4 is 14.8 Å². The zero-order valence-electron chi connectivity index (χ0n) is 24.9. The molecule has 1 N–H and O–H groups in total. The second kappa shape index (κ2) is 12.7. The van der Waals surface area contributed by atoms with Crippen molar-refractivity contribution < 1.29 is 37.3 Å². The molecule has 1 fully saturated rings. The molecule has 1 saturated heterocycles. The zero-order chi connectivity index (χ0) is 30.8. The summed E-state index contributed by atoms with van der Waals surface area (Å²) in [6.45, 7) is 9.98. The zero-order valence-corrected chi connectivity index (χ0v) is 25.7. The molecule has 232 valence electrons. The number of ether oxygens (including phenoxy) is 4. The number of methoxy groups -OCH3 is 1. The molecule has 5 rings (SSSR count). The minimum atomic E-state index is -1.65. The lowest BCUT2D eigenvalue weighted by Crippen LogP contribution is -2.49. The Labute approximate surface area is 253 Å². The van der Waals surface area contributed by atoms with Crippen LogP contribution in [0.15, 0.2) is 24.3 Å². The second-order valence-electron chi connectivity index (χ2n) is 11.9. The Morgan fingerprint density at radius 3 is 2.37 bits per heavy atom. The second-order valence-corrected chi connectivity index (χ2v) is 13.0. The molecular formula is C31H37F2N3O6S. The maximum Gasteiger partial charge on any atom is 0.322 e. The van der Waals surface area contributed by atoms with Crippen molar-refractivity contribution in [2.24, 2.45) is 5.41 Å². The highest BCUT2D eigenvalue weighted by Gasteiger charge is 2.52. The Bertz CT molecular complexity index is 1470. The molecule has 1 aromatic heterocycles. The molecule has 0 radical (unpaired) electrons. The lowest BCUT2D eigenvalue weighted by atomic mass is 9.83. The van der Waals surface area contributed by atoms with Gasteiger partial charge >= 0.3 is 5.97 Å². The van der Waals surface area contributed by atoms with Crippen molar-refractivity contribution in [2.45, 2.75) is 52.2 Å². The molecule has 0 spiro atoms. The van der Waals surface area contributed by atoms with Gasteiger partial charge in [0.15, 0.2) is 28.5 Å². The molecule has 43 heavy (non-hydrogen) atoms. The number of aromatic nitrogens is 1. The molecule has 0 unspecified atom stereocenters. The largest absolute Gasteiger partial charge is 0.493 e. The number of carbonyl (C=O) groups excluding carboxylic acids is 2. The van der Waals surface area contributed by atoms with E-state index in [1.807, 2.05) is 12.1 Å². The van der Waals surface area contributed by atoms with E-state index in [9.17, 15) is 18.4 Å². The van der Waals surface area contributed by atoms with Crippen LogP contribution in [0.25, 0.3) is 10.2 Å². The van der Waals surface area contributed by atoms with Crippen molar-refractivity contribution in [2.75, 3.05) is 46.6 Å². The van der Waals surface area contributed by atoms with Crippen molar-refractivity contribution in [3.63, 3.8) is 0 Å². The molecule has 2 aliphatic rings. The summed E-state index contributed by atoms with van der Waals surface area (Å²) in [7, 11) is 1.58. The van der Waals surface area contributed by atoms with Crippen molar-refractivity contribution in [1.29, 1.82) is 0 Å². The fraction of sp³-hybridized carbons (Fsp3) is 0.516. The molecule has 9 nitrogen and oxygen atoms in total. The smallest absolute Gasteiger partial charge is 0.322 e. The van der Waals surface area contributed by atoms with Crippen LogP contribution in [0, 0.1) is 17.0 Å². The molecule has 1 aliphatic carbocycles. The molecule has 2 heterocycles. The molecule has 2 aromatic carbocycles. The summed E-state index contributed by atoms with van der Waals surface area (Å²) < 4.78 is 51.4. The molecule has 0 bridgehead atoms. The van der Waals surface area contributed by atoms with Gasteiger partial charge in [0.1, 0.15) is 10.6 Å². The molecule has 1 aliphatic heterocycles. The number of carbonyl (C=O) groups is 2. The summed E-state index contributed by atoms with van der Waals surface area (Å²) >= 11 is 1.38. The normalized spacial score (nSPS) is 16.6. The molecular weight excluding hydrogens is 580 g/mol. The Kier molecular flexibility index (Phi) is 9.19. The van der Waals surface area contributed by atoms with Crippen LogP contribution in [0.1, 0.15) is 43.3 Å². The highest BCUT2D eigenvalue weighted by Crippen LogP contribution is 2.41. The first-order valence-corrected chi connectivity index (χ1v) is 15.2. The first-order chi connectivity index (χ1) is 20.5. The number of hydrogen-bond donors (Lipinski definition) is 1. The average molecular weight is 618 g/mol. The Hall–Kier alpha value is -3.35. The number of amides is 1. The fourth-order valence-corrected chi connectivity index (χ4v) is 6.31. The van der Waals surface area contributed by atoms with Crippen LogP contribution in [-0.2, 0) is 38.4 Å². The van der Waals surface area contributed by atoms with Crippen LogP contribution in [0.5, 0.6) is 11.5 Å². The van der Waals surface area contributed by atoms with Crippen LogP contribution >= 0.6 is 11.3 Å². The number of thiazole rings is 1. The molecule has 12 heteroatoms. The van der Waals surface area contributed by atoms with Crippen LogP contribution in [-0.4, -0.2) is 73.9 Å². The highest BCUT2D eigenvalue weighted by atomic mass is 32.1. The maximum atomic E-state index is 14.0. The summed E-state index contributed by atoms with van der Waals surface area (Å²) in [4.78, 5) is 34.1. The van der Waals surface area contributed by atoms with E-state index >= 15 is 0 Å². The van der Waals surface area contributed by atoms with E-state index in [1.165, 1.54) is 11.3 Å². The third-order valence-corrected chi connectivity index (χ3v) is 8.57. The standard InChI is InChI=1S/C31H37F2N3O6S/c1-30(2,3)42-29(38)31(16-19-12-21(32)22(33)13-20(19)17-31)28(37)34-18-27-35-23-14-25(24(39-4)15-26(23)43-27)41-9-5-6-36-7-10-40-11-8-36/h12-15H,5-11,16-18H2,1-4H3,(H,34,37). The van der Waals surface area contributed by atoms with E-state index in [1.54, 1.807) is 27.9 Å². The predicted octanol–water partition coefficient (Wildman–Crippen LogP) is 4.43. The number of fused-ring (bicyclic) bond motifs is 2. The van der Waals surface area contributed by atoms with E-state index < -0.39 is 34.5 Å². The van der Waals surface area contributed by atoms with Crippen molar-refractivity contribution in [3.8, 4) is 11.5 Å². The Balaban J connectivity index is 1.28. The Morgan fingerprint density at radius 2 is 1.74 bits per heavy atom. The molecule has 3 aromatic rings. The number of esters is 1. The first kappa shape index (κ1) is 31.1. The predicted molar refractivity (Wildman–Crippen MR) is 157 cm³/mol. The minimum Gasteiger partial charge on any atom is -0.493 e. The highest BCUT2D eigenvalue weighted by molar-refractivity contribution is 7.18.